The first-order chi connectivity index (χ1) is 8.27. The third kappa shape index (κ3) is 2.97. The molecule has 0 aromatic carbocycles. The summed E-state index contributed by atoms with van der Waals surface area (Å²) in [4.78, 5) is 12.2. The Labute approximate surface area is 102 Å². The van der Waals surface area contributed by atoms with Crippen LogP contribution >= 0.6 is 0 Å². The monoisotopic (exact) mass is 242 g/mol. The lowest BCUT2D eigenvalue weighted by Gasteiger charge is -2.34. The molecule has 0 aromatic rings. The van der Waals surface area contributed by atoms with E-state index in [1.165, 1.54) is 0 Å². The summed E-state index contributed by atoms with van der Waals surface area (Å²) in [6.07, 6.45) is 3.77. The summed E-state index contributed by atoms with van der Waals surface area (Å²) >= 11 is 0. The van der Waals surface area contributed by atoms with Crippen LogP contribution in [0.3, 0.4) is 0 Å². The third-order valence-electron chi connectivity index (χ3n) is 3.84. The fourth-order valence-electron chi connectivity index (χ4n) is 2.49. The number of amides is 1. The molecule has 2 rings (SSSR count). The van der Waals surface area contributed by atoms with Crippen LogP contribution in [0, 0.1) is 5.41 Å². The first-order valence-electron chi connectivity index (χ1n) is 6.44. The van der Waals surface area contributed by atoms with Crippen molar-refractivity contribution in [3.8, 4) is 0 Å². The molecule has 3 N–H and O–H groups in total. The number of nitrogens with one attached hydrogen (secondary N) is 1. The van der Waals surface area contributed by atoms with Gasteiger partial charge in [-0.05, 0) is 25.7 Å². The van der Waals surface area contributed by atoms with E-state index in [9.17, 15) is 4.79 Å². The van der Waals surface area contributed by atoms with Gasteiger partial charge in [-0.1, -0.05) is 0 Å². The Kier molecular flexibility index (Phi) is 4.36. The van der Waals surface area contributed by atoms with Crippen molar-refractivity contribution in [2.75, 3.05) is 32.9 Å². The van der Waals surface area contributed by atoms with Gasteiger partial charge in [0.25, 0.3) is 0 Å². The minimum atomic E-state index is -0.420. The lowest BCUT2D eigenvalue weighted by Crippen LogP contribution is -2.50. The van der Waals surface area contributed by atoms with Crippen LogP contribution in [-0.4, -0.2) is 44.9 Å². The van der Waals surface area contributed by atoms with Crippen LogP contribution in [0.25, 0.3) is 0 Å². The maximum absolute atomic E-state index is 12.2. The molecule has 2 heterocycles. The molecule has 98 valence electrons. The lowest BCUT2D eigenvalue weighted by molar-refractivity contribution is -0.136. The molecule has 2 saturated heterocycles. The number of nitrogens with two attached hydrogens (primary N) is 1. The average Bonchev–Trinajstić information content (AvgIpc) is 2.90. The van der Waals surface area contributed by atoms with Crippen LogP contribution in [0.2, 0.25) is 0 Å². The van der Waals surface area contributed by atoms with Gasteiger partial charge in [0.05, 0.1) is 11.5 Å². The summed E-state index contributed by atoms with van der Waals surface area (Å²) in [6.45, 7) is 3.08. The molecule has 2 fully saturated rings. The highest BCUT2D eigenvalue weighted by Gasteiger charge is 2.38. The van der Waals surface area contributed by atoms with Gasteiger partial charge in [0.2, 0.25) is 5.91 Å². The fourth-order valence-corrected chi connectivity index (χ4v) is 2.49. The molecule has 0 saturated carbocycles. The van der Waals surface area contributed by atoms with E-state index in [2.05, 4.69) is 5.32 Å². The van der Waals surface area contributed by atoms with E-state index in [4.69, 9.17) is 15.2 Å². The molecule has 2 aliphatic heterocycles. The summed E-state index contributed by atoms with van der Waals surface area (Å²) in [5, 5.41) is 2.99. The largest absolute Gasteiger partial charge is 0.381 e. The minimum absolute atomic E-state index is 0.0683. The van der Waals surface area contributed by atoms with Gasteiger partial charge in [-0.15, -0.1) is 0 Å². The zero-order chi connectivity index (χ0) is 12.1. The second-order valence-corrected chi connectivity index (χ2v) is 4.94. The fraction of sp³-hybridized carbons (Fsp3) is 0.917. The zero-order valence-electron chi connectivity index (χ0n) is 10.2. The topological polar surface area (TPSA) is 73.6 Å². The Balaban J connectivity index is 1.83. The van der Waals surface area contributed by atoms with E-state index in [1.807, 2.05) is 0 Å². The van der Waals surface area contributed by atoms with Gasteiger partial charge in [0, 0.05) is 32.9 Å². The molecule has 5 heteroatoms. The molecule has 0 aromatic heterocycles. The Bertz CT molecular complexity index is 258. The smallest absolute Gasteiger partial charge is 0.227 e. The SMILES string of the molecule is NCC1(C(=O)NCC2CCCO2)CCOCC1. The van der Waals surface area contributed by atoms with Crippen molar-refractivity contribution in [3.63, 3.8) is 0 Å². The molecule has 17 heavy (non-hydrogen) atoms. The molecule has 1 atom stereocenters. The van der Waals surface area contributed by atoms with Gasteiger partial charge in [-0.25, -0.2) is 0 Å². The number of hydrogen-bond acceptors (Lipinski definition) is 4. The van der Waals surface area contributed by atoms with Crippen molar-refractivity contribution >= 4 is 5.91 Å². The normalized spacial score (nSPS) is 27.9. The van der Waals surface area contributed by atoms with Gasteiger partial charge in [0.15, 0.2) is 0 Å². The summed E-state index contributed by atoms with van der Waals surface area (Å²) in [6, 6.07) is 0. The van der Waals surface area contributed by atoms with E-state index in [0.29, 0.717) is 26.3 Å². The van der Waals surface area contributed by atoms with Crippen molar-refractivity contribution in [1.29, 1.82) is 0 Å². The van der Waals surface area contributed by atoms with Crippen LogP contribution in [0.15, 0.2) is 0 Å². The molecular weight excluding hydrogens is 220 g/mol. The predicted octanol–water partition coefficient (Wildman–Crippen LogP) is 0.0371. The standard InChI is InChI=1S/C12H22N2O3/c13-9-12(3-6-16-7-4-12)11(15)14-8-10-2-1-5-17-10/h10H,1-9,13H2,(H,14,15). The highest BCUT2D eigenvalue weighted by molar-refractivity contribution is 5.83. The number of rotatable bonds is 4. The van der Waals surface area contributed by atoms with Crippen LogP contribution in [0.1, 0.15) is 25.7 Å². The number of ether oxygens (including phenoxy) is 2. The quantitative estimate of drug-likeness (QED) is 0.730. The Morgan fingerprint density at radius 2 is 2.12 bits per heavy atom. The second kappa shape index (κ2) is 5.80. The molecule has 0 bridgehead atoms. The molecule has 1 unspecified atom stereocenters. The number of hydrogen-bond donors (Lipinski definition) is 2. The van der Waals surface area contributed by atoms with E-state index in [-0.39, 0.29) is 12.0 Å². The second-order valence-electron chi connectivity index (χ2n) is 4.94. The first kappa shape index (κ1) is 12.8. The highest BCUT2D eigenvalue weighted by atomic mass is 16.5. The van der Waals surface area contributed by atoms with E-state index < -0.39 is 5.41 Å². The molecule has 0 radical (unpaired) electrons. The summed E-state index contributed by atoms with van der Waals surface area (Å²) in [7, 11) is 0. The number of carbonyl (C=O) groups excluding carboxylic acids is 1. The molecule has 0 spiro atoms. The number of carbonyl (C=O) groups is 1. The summed E-state index contributed by atoms with van der Waals surface area (Å²) in [5.74, 6) is 0.0683. The van der Waals surface area contributed by atoms with Crippen LogP contribution in [0.4, 0.5) is 0 Å². The molecular formula is C12H22N2O3. The zero-order valence-corrected chi connectivity index (χ0v) is 10.2. The molecule has 5 nitrogen and oxygen atoms in total. The summed E-state index contributed by atoms with van der Waals surface area (Å²) in [5.41, 5.74) is 5.36. The lowest BCUT2D eigenvalue weighted by atomic mass is 9.79. The summed E-state index contributed by atoms with van der Waals surface area (Å²) < 4.78 is 10.8. The van der Waals surface area contributed by atoms with Gasteiger partial charge < -0.3 is 20.5 Å². The maximum atomic E-state index is 12.2. The van der Waals surface area contributed by atoms with Crippen molar-refractivity contribution in [2.45, 2.75) is 31.8 Å². The van der Waals surface area contributed by atoms with Crippen LogP contribution in [0.5, 0.6) is 0 Å². The third-order valence-corrected chi connectivity index (χ3v) is 3.84. The Morgan fingerprint density at radius 3 is 2.71 bits per heavy atom. The van der Waals surface area contributed by atoms with Crippen molar-refractivity contribution in [2.24, 2.45) is 11.1 Å². The molecule has 0 aliphatic carbocycles. The van der Waals surface area contributed by atoms with E-state index in [1.54, 1.807) is 0 Å². The van der Waals surface area contributed by atoms with Crippen LogP contribution in [-0.2, 0) is 14.3 Å². The average molecular weight is 242 g/mol. The molecule has 1 amide bonds. The van der Waals surface area contributed by atoms with Gasteiger partial charge in [-0.2, -0.15) is 0 Å². The minimum Gasteiger partial charge on any atom is -0.381 e. The van der Waals surface area contributed by atoms with Gasteiger partial charge in [-0.3, -0.25) is 4.79 Å². The van der Waals surface area contributed by atoms with Crippen LogP contribution < -0.4 is 11.1 Å². The van der Waals surface area contributed by atoms with E-state index in [0.717, 1.165) is 32.3 Å². The Hall–Kier alpha value is -0.650. The van der Waals surface area contributed by atoms with Gasteiger partial charge >= 0.3 is 0 Å². The highest BCUT2D eigenvalue weighted by Crippen LogP contribution is 2.29. The van der Waals surface area contributed by atoms with Crippen molar-refractivity contribution in [1.82, 2.24) is 5.32 Å². The molecule has 2 aliphatic rings. The van der Waals surface area contributed by atoms with Crippen molar-refractivity contribution < 1.29 is 14.3 Å². The maximum Gasteiger partial charge on any atom is 0.227 e. The van der Waals surface area contributed by atoms with Gasteiger partial charge in [0.1, 0.15) is 0 Å². The van der Waals surface area contributed by atoms with E-state index >= 15 is 0 Å². The first-order valence-corrected chi connectivity index (χ1v) is 6.44. The van der Waals surface area contributed by atoms with Crippen molar-refractivity contribution in [3.05, 3.63) is 0 Å². The Morgan fingerprint density at radius 1 is 1.35 bits per heavy atom. The predicted molar refractivity (Wildman–Crippen MR) is 63.5 cm³/mol.